The van der Waals surface area contributed by atoms with Crippen LogP contribution >= 0.6 is 0 Å². The maximum atomic E-state index is 12.3. The van der Waals surface area contributed by atoms with Gasteiger partial charge >= 0.3 is 6.09 Å². The number of ether oxygens (including phenoxy) is 1. The van der Waals surface area contributed by atoms with Gasteiger partial charge in [-0.2, -0.15) is 0 Å². The fraction of sp³-hybridized carbons (Fsp3) is 0.529. The van der Waals surface area contributed by atoms with Crippen LogP contribution in [0.1, 0.15) is 45.7 Å². The summed E-state index contributed by atoms with van der Waals surface area (Å²) < 4.78 is 5.18. The van der Waals surface area contributed by atoms with Crippen LogP contribution in [0.5, 0.6) is 0 Å². The molecule has 0 spiro atoms. The van der Waals surface area contributed by atoms with Gasteiger partial charge in [0.2, 0.25) is 5.91 Å². The summed E-state index contributed by atoms with van der Waals surface area (Å²) in [4.78, 5) is 24.1. The highest BCUT2D eigenvalue weighted by Crippen LogP contribution is 2.11. The predicted molar refractivity (Wildman–Crippen MR) is 86.5 cm³/mol. The molecule has 2 N–H and O–H groups in total. The van der Waals surface area contributed by atoms with E-state index in [1.54, 1.807) is 34.6 Å². The minimum atomic E-state index is -1.05. The van der Waals surface area contributed by atoms with Crippen molar-refractivity contribution in [2.45, 2.75) is 59.2 Å². The monoisotopic (exact) mass is 306 g/mol. The van der Waals surface area contributed by atoms with E-state index in [0.29, 0.717) is 6.54 Å². The quantitative estimate of drug-likeness (QED) is 0.898. The second kappa shape index (κ2) is 6.81. The van der Waals surface area contributed by atoms with Gasteiger partial charge in [0.05, 0.1) is 0 Å². The van der Waals surface area contributed by atoms with E-state index in [1.165, 1.54) is 0 Å². The zero-order valence-corrected chi connectivity index (χ0v) is 14.2. The van der Waals surface area contributed by atoms with Gasteiger partial charge in [-0.15, -0.1) is 0 Å². The minimum absolute atomic E-state index is 0.262. The van der Waals surface area contributed by atoms with Crippen LogP contribution < -0.4 is 10.6 Å². The fourth-order valence-electron chi connectivity index (χ4n) is 1.82. The molecule has 0 unspecified atom stereocenters. The van der Waals surface area contributed by atoms with E-state index in [4.69, 9.17) is 4.74 Å². The van der Waals surface area contributed by atoms with Crippen molar-refractivity contribution < 1.29 is 14.3 Å². The zero-order chi connectivity index (χ0) is 17.0. The van der Waals surface area contributed by atoms with E-state index in [0.717, 1.165) is 11.1 Å². The minimum Gasteiger partial charge on any atom is -0.444 e. The molecule has 5 nitrogen and oxygen atoms in total. The summed E-state index contributed by atoms with van der Waals surface area (Å²) in [6.45, 7) is 11.0. The number of carbonyl (C=O) groups excluding carboxylic acids is 2. The first-order chi connectivity index (χ1) is 10.0. The lowest BCUT2D eigenvalue weighted by molar-refractivity contribution is -0.126. The molecule has 0 aromatic heterocycles. The molecule has 2 amide bonds. The van der Waals surface area contributed by atoms with Gasteiger partial charge in [-0.25, -0.2) is 4.79 Å². The maximum absolute atomic E-state index is 12.3. The first-order valence-corrected chi connectivity index (χ1v) is 7.35. The predicted octanol–water partition coefficient (Wildman–Crippen LogP) is 2.91. The van der Waals surface area contributed by atoms with Crippen molar-refractivity contribution >= 4 is 12.0 Å². The van der Waals surface area contributed by atoms with Gasteiger partial charge in [0.15, 0.2) is 0 Å². The van der Waals surface area contributed by atoms with Crippen LogP contribution in [0.4, 0.5) is 4.79 Å². The Hall–Kier alpha value is -2.04. The van der Waals surface area contributed by atoms with Gasteiger partial charge in [0.1, 0.15) is 11.1 Å². The summed E-state index contributed by atoms with van der Waals surface area (Å²) in [6, 6.07) is 7.84. The highest BCUT2D eigenvalue weighted by molar-refractivity contribution is 5.89. The SMILES string of the molecule is Cc1ccccc1CNC(=O)C(C)(C)NC(=O)OC(C)(C)C. The van der Waals surface area contributed by atoms with E-state index in [2.05, 4.69) is 10.6 Å². The summed E-state index contributed by atoms with van der Waals surface area (Å²) >= 11 is 0. The summed E-state index contributed by atoms with van der Waals surface area (Å²) in [7, 11) is 0. The molecule has 1 rings (SSSR count). The van der Waals surface area contributed by atoms with E-state index in [-0.39, 0.29) is 5.91 Å². The molecule has 0 aliphatic rings. The van der Waals surface area contributed by atoms with Crippen LogP contribution in [-0.4, -0.2) is 23.1 Å². The molecule has 0 radical (unpaired) electrons. The zero-order valence-electron chi connectivity index (χ0n) is 14.2. The third-order valence-electron chi connectivity index (χ3n) is 3.08. The Morgan fingerprint density at radius 3 is 2.23 bits per heavy atom. The Bertz CT molecular complexity index is 545. The first kappa shape index (κ1) is 18.0. The molecule has 0 aliphatic heterocycles. The molecule has 0 fully saturated rings. The second-order valence-corrected chi connectivity index (χ2v) is 6.86. The van der Waals surface area contributed by atoms with Gasteiger partial charge < -0.3 is 15.4 Å². The number of benzene rings is 1. The number of hydrogen-bond acceptors (Lipinski definition) is 3. The Morgan fingerprint density at radius 1 is 1.09 bits per heavy atom. The number of amides is 2. The molecule has 0 atom stereocenters. The molecule has 0 saturated carbocycles. The Balaban J connectivity index is 2.59. The average molecular weight is 306 g/mol. The molecule has 1 aromatic carbocycles. The van der Waals surface area contributed by atoms with Crippen LogP contribution in [0.3, 0.4) is 0 Å². The summed E-state index contributed by atoms with van der Waals surface area (Å²) in [5.74, 6) is -0.262. The number of nitrogens with one attached hydrogen (secondary N) is 2. The van der Waals surface area contributed by atoms with Crippen LogP contribution in [0.2, 0.25) is 0 Å². The van der Waals surface area contributed by atoms with Gasteiger partial charge in [0, 0.05) is 6.54 Å². The van der Waals surface area contributed by atoms with Crippen molar-refractivity contribution in [3.63, 3.8) is 0 Å². The van der Waals surface area contributed by atoms with Crippen LogP contribution in [0.25, 0.3) is 0 Å². The molecule has 0 saturated heterocycles. The Labute approximate surface area is 132 Å². The van der Waals surface area contributed by atoms with Crippen molar-refractivity contribution in [2.24, 2.45) is 0 Å². The van der Waals surface area contributed by atoms with Gasteiger partial charge in [-0.1, -0.05) is 24.3 Å². The number of carbonyl (C=O) groups is 2. The highest BCUT2D eigenvalue weighted by atomic mass is 16.6. The molecule has 0 heterocycles. The first-order valence-electron chi connectivity index (χ1n) is 7.35. The van der Waals surface area contributed by atoms with Crippen molar-refractivity contribution in [2.75, 3.05) is 0 Å². The lowest BCUT2D eigenvalue weighted by Gasteiger charge is -2.27. The van der Waals surface area contributed by atoms with Crippen molar-refractivity contribution in [1.29, 1.82) is 0 Å². The molecular formula is C17H26N2O3. The van der Waals surface area contributed by atoms with E-state index < -0.39 is 17.2 Å². The third-order valence-corrected chi connectivity index (χ3v) is 3.08. The smallest absolute Gasteiger partial charge is 0.408 e. The second-order valence-electron chi connectivity index (χ2n) is 6.86. The number of rotatable bonds is 4. The van der Waals surface area contributed by atoms with Gasteiger partial charge in [0.25, 0.3) is 0 Å². The largest absolute Gasteiger partial charge is 0.444 e. The maximum Gasteiger partial charge on any atom is 0.408 e. The lowest BCUT2D eigenvalue weighted by atomic mass is 10.0. The molecule has 5 heteroatoms. The standard InChI is InChI=1S/C17H26N2O3/c1-12-9-7-8-10-13(12)11-18-14(20)17(5,6)19-15(21)22-16(2,3)4/h7-10H,11H2,1-6H3,(H,18,20)(H,19,21). The van der Waals surface area contributed by atoms with E-state index in [9.17, 15) is 9.59 Å². The third kappa shape index (κ3) is 5.76. The van der Waals surface area contributed by atoms with Crippen LogP contribution in [0, 0.1) is 6.92 Å². The Kier molecular flexibility index (Phi) is 5.58. The van der Waals surface area contributed by atoms with E-state index in [1.807, 2.05) is 31.2 Å². The van der Waals surface area contributed by atoms with Gasteiger partial charge in [-0.3, -0.25) is 4.79 Å². The molecular weight excluding hydrogens is 280 g/mol. The van der Waals surface area contributed by atoms with Gasteiger partial charge in [-0.05, 0) is 52.7 Å². The number of hydrogen-bond donors (Lipinski definition) is 2. The molecule has 22 heavy (non-hydrogen) atoms. The average Bonchev–Trinajstić information content (AvgIpc) is 2.34. The molecule has 0 bridgehead atoms. The number of aryl methyl sites for hydroxylation is 1. The Morgan fingerprint density at radius 2 is 1.68 bits per heavy atom. The summed E-state index contributed by atoms with van der Waals surface area (Å²) in [6.07, 6.45) is -0.608. The molecule has 1 aromatic rings. The summed E-state index contributed by atoms with van der Waals surface area (Å²) in [5.41, 5.74) is 0.507. The van der Waals surface area contributed by atoms with Crippen LogP contribution in [-0.2, 0) is 16.1 Å². The van der Waals surface area contributed by atoms with Crippen molar-refractivity contribution in [3.8, 4) is 0 Å². The van der Waals surface area contributed by atoms with E-state index >= 15 is 0 Å². The lowest BCUT2D eigenvalue weighted by Crippen LogP contribution is -2.55. The summed E-state index contributed by atoms with van der Waals surface area (Å²) in [5, 5.41) is 5.43. The fourth-order valence-corrected chi connectivity index (χ4v) is 1.82. The molecule has 0 aliphatic carbocycles. The van der Waals surface area contributed by atoms with Crippen molar-refractivity contribution in [3.05, 3.63) is 35.4 Å². The number of alkyl carbamates (subject to hydrolysis) is 1. The van der Waals surface area contributed by atoms with Crippen molar-refractivity contribution in [1.82, 2.24) is 10.6 Å². The topological polar surface area (TPSA) is 67.4 Å². The normalized spacial score (nSPS) is 11.7. The highest BCUT2D eigenvalue weighted by Gasteiger charge is 2.31. The molecule has 122 valence electrons. The van der Waals surface area contributed by atoms with Crippen LogP contribution in [0.15, 0.2) is 24.3 Å².